The fraction of sp³-hybridized carbons (Fsp3) is 0.105. The van der Waals surface area contributed by atoms with Gasteiger partial charge in [0.15, 0.2) is 0 Å². The van der Waals surface area contributed by atoms with Crippen LogP contribution in [-0.4, -0.2) is 31.4 Å². The lowest BCUT2D eigenvalue weighted by Gasteiger charge is -2.11. The molecule has 10 heteroatoms. The van der Waals surface area contributed by atoms with E-state index in [-0.39, 0.29) is 16.4 Å². The highest BCUT2D eigenvalue weighted by molar-refractivity contribution is 7.92. The molecule has 0 saturated heterocycles. The fourth-order valence-electron chi connectivity index (χ4n) is 2.49. The standard InChI is InChI=1S/C19H17FN4O4S/c1-12(25)23-18-9-15(7-8-16(18)20)29(26,27)24-19-10-17(21-11-22-19)13-3-5-14(28-2)6-4-13/h3-11H,1-2H3,(H,23,25)(H,21,22,24). The topological polar surface area (TPSA) is 110 Å². The number of aromatic nitrogens is 2. The van der Waals surface area contributed by atoms with Gasteiger partial charge in [0.25, 0.3) is 10.0 Å². The van der Waals surface area contributed by atoms with E-state index in [1.54, 1.807) is 31.4 Å². The van der Waals surface area contributed by atoms with E-state index >= 15 is 0 Å². The number of nitrogens with one attached hydrogen (secondary N) is 2. The van der Waals surface area contributed by atoms with Crippen molar-refractivity contribution >= 4 is 27.4 Å². The van der Waals surface area contributed by atoms with Crippen molar-refractivity contribution < 1.29 is 22.3 Å². The highest BCUT2D eigenvalue weighted by atomic mass is 32.2. The van der Waals surface area contributed by atoms with Gasteiger partial charge in [0, 0.05) is 18.6 Å². The van der Waals surface area contributed by atoms with Crippen molar-refractivity contribution in [1.82, 2.24) is 9.97 Å². The van der Waals surface area contributed by atoms with Gasteiger partial charge >= 0.3 is 0 Å². The van der Waals surface area contributed by atoms with Crippen molar-refractivity contribution in [2.45, 2.75) is 11.8 Å². The molecule has 29 heavy (non-hydrogen) atoms. The van der Waals surface area contributed by atoms with E-state index in [1.807, 2.05) is 0 Å². The van der Waals surface area contributed by atoms with Crippen LogP contribution in [0.2, 0.25) is 0 Å². The zero-order valence-corrected chi connectivity index (χ0v) is 16.3. The van der Waals surface area contributed by atoms with Crippen LogP contribution in [-0.2, 0) is 14.8 Å². The second-order valence-corrected chi connectivity index (χ2v) is 7.63. The van der Waals surface area contributed by atoms with Gasteiger partial charge in [0.1, 0.15) is 23.7 Å². The van der Waals surface area contributed by atoms with E-state index in [2.05, 4.69) is 20.0 Å². The number of rotatable bonds is 6. The molecule has 0 atom stereocenters. The Balaban J connectivity index is 1.88. The lowest BCUT2D eigenvalue weighted by atomic mass is 10.1. The van der Waals surface area contributed by atoms with Crippen LogP contribution in [0.3, 0.4) is 0 Å². The maximum atomic E-state index is 13.8. The highest BCUT2D eigenvalue weighted by Gasteiger charge is 2.18. The Morgan fingerprint density at radius 1 is 1.07 bits per heavy atom. The predicted octanol–water partition coefficient (Wildman–Crippen LogP) is 3.05. The van der Waals surface area contributed by atoms with Crippen LogP contribution in [0.4, 0.5) is 15.9 Å². The summed E-state index contributed by atoms with van der Waals surface area (Å²) in [4.78, 5) is 19.0. The number of halogens is 1. The van der Waals surface area contributed by atoms with E-state index < -0.39 is 21.7 Å². The SMILES string of the molecule is COc1ccc(-c2cc(NS(=O)(=O)c3ccc(F)c(NC(C)=O)c3)ncn2)cc1. The average Bonchev–Trinajstić information content (AvgIpc) is 2.69. The van der Waals surface area contributed by atoms with Gasteiger partial charge in [0.2, 0.25) is 5.91 Å². The normalized spacial score (nSPS) is 11.0. The minimum Gasteiger partial charge on any atom is -0.497 e. The maximum absolute atomic E-state index is 13.8. The summed E-state index contributed by atoms with van der Waals surface area (Å²) in [7, 11) is -2.52. The molecule has 0 aliphatic rings. The first-order valence-electron chi connectivity index (χ1n) is 8.35. The van der Waals surface area contributed by atoms with Crippen molar-refractivity contribution in [1.29, 1.82) is 0 Å². The number of methoxy groups -OCH3 is 1. The number of anilines is 2. The molecule has 150 valence electrons. The third kappa shape index (κ3) is 4.85. The number of benzene rings is 2. The van der Waals surface area contributed by atoms with Crippen molar-refractivity contribution in [3.8, 4) is 17.0 Å². The Morgan fingerprint density at radius 3 is 2.45 bits per heavy atom. The average molecular weight is 416 g/mol. The number of hydrogen-bond acceptors (Lipinski definition) is 6. The molecule has 2 N–H and O–H groups in total. The smallest absolute Gasteiger partial charge is 0.263 e. The number of nitrogens with zero attached hydrogens (tertiary/aromatic N) is 2. The molecule has 0 fully saturated rings. The van der Waals surface area contributed by atoms with Gasteiger partial charge in [0.05, 0.1) is 23.4 Å². The number of ether oxygens (including phenoxy) is 1. The summed E-state index contributed by atoms with van der Waals surface area (Å²) < 4.78 is 46.5. The van der Waals surface area contributed by atoms with Crippen LogP contribution >= 0.6 is 0 Å². The Labute approximate surface area is 166 Å². The second-order valence-electron chi connectivity index (χ2n) is 5.95. The summed E-state index contributed by atoms with van der Waals surface area (Å²) in [6, 6.07) is 11.6. The molecule has 0 aliphatic heterocycles. The van der Waals surface area contributed by atoms with Crippen molar-refractivity contribution in [2.75, 3.05) is 17.1 Å². The molecule has 0 bridgehead atoms. The van der Waals surface area contributed by atoms with Crippen LogP contribution in [0.1, 0.15) is 6.92 Å². The zero-order chi connectivity index (χ0) is 21.0. The first-order chi connectivity index (χ1) is 13.8. The molecule has 1 heterocycles. The van der Waals surface area contributed by atoms with E-state index in [9.17, 15) is 17.6 Å². The largest absolute Gasteiger partial charge is 0.497 e. The van der Waals surface area contributed by atoms with Crippen LogP contribution in [0.25, 0.3) is 11.3 Å². The van der Waals surface area contributed by atoms with E-state index in [1.165, 1.54) is 19.3 Å². The Hall–Kier alpha value is -3.53. The fourth-order valence-corrected chi connectivity index (χ4v) is 3.51. The van der Waals surface area contributed by atoms with Crippen LogP contribution in [0.15, 0.2) is 59.8 Å². The van der Waals surface area contributed by atoms with Gasteiger partial charge < -0.3 is 10.1 Å². The van der Waals surface area contributed by atoms with Gasteiger partial charge in [-0.15, -0.1) is 0 Å². The van der Waals surface area contributed by atoms with E-state index in [0.29, 0.717) is 11.4 Å². The zero-order valence-electron chi connectivity index (χ0n) is 15.5. The summed E-state index contributed by atoms with van der Waals surface area (Å²) in [5.41, 5.74) is 1.00. The molecular formula is C19H17FN4O4S. The van der Waals surface area contributed by atoms with Gasteiger partial charge in [-0.2, -0.15) is 0 Å². The predicted molar refractivity (Wildman–Crippen MR) is 106 cm³/mol. The van der Waals surface area contributed by atoms with Crippen molar-refractivity contribution in [2.24, 2.45) is 0 Å². The molecule has 3 aromatic rings. The molecule has 1 amide bonds. The molecule has 0 aliphatic carbocycles. The number of carbonyl (C=O) groups excluding carboxylic acids is 1. The van der Waals surface area contributed by atoms with Gasteiger partial charge in [-0.25, -0.2) is 22.8 Å². The molecule has 1 aromatic heterocycles. The number of carbonyl (C=O) groups is 1. The monoisotopic (exact) mass is 416 g/mol. The molecular weight excluding hydrogens is 399 g/mol. The molecule has 0 unspecified atom stereocenters. The van der Waals surface area contributed by atoms with Crippen molar-refractivity contribution in [3.63, 3.8) is 0 Å². The van der Waals surface area contributed by atoms with Crippen LogP contribution in [0, 0.1) is 5.82 Å². The molecule has 0 saturated carbocycles. The molecule has 3 rings (SSSR count). The molecule has 0 spiro atoms. The summed E-state index contributed by atoms with van der Waals surface area (Å²) >= 11 is 0. The van der Waals surface area contributed by atoms with Crippen LogP contribution < -0.4 is 14.8 Å². The minimum atomic E-state index is -4.08. The highest BCUT2D eigenvalue weighted by Crippen LogP contribution is 2.24. The summed E-state index contributed by atoms with van der Waals surface area (Å²) in [6.45, 7) is 1.19. The molecule has 8 nitrogen and oxygen atoms in total. The van der Waals surface area contributed by atoms with Gasteiger partial charge in [-0.3, -0.25) is 9.52 Å². The van der Waals surface area contributed by atoms with Gasteiger partial charge in [-0.1, -0.05) is 0 Å². The van der Waals surface area contributed by atoms with Crippen molar-refractivity contribution in [3.05, 3.63) is 60.7 Å². The third-order valence-corrected chi connectivity index (χ3v) is 5.20. The summed E-state index contributed by atoms with van der Waals surface area (Å²) in [6.07, 6.45) is 1.23. The molecule has 2 aromatic carbocycles. The van der Waals surface area contributed by atoms with E-state index in [0.717, 1.165) is 23.8 Å². The number of sulfonamides is 1. The minimum absolute atomic E-state index is 0.0382. The lowest BCUT2D eigenvalue weighted by molar-refractivity contribution is -0.114. The Morgan fingerprint density at radius 2 is 1.79 bits per heavy atom. The quantitative estimate of drug-likeness (QED) is 0.639. The number of amides is 1. The van der Waals surface area contributed by atoms with Gasteiger partial charge in [-0.05, 0) is 42.5 Å². The lowest BCUT2D eigenvalue weighted by Crippen LogP contribution is -2.15. The van der Waals surface area contributed by atoms with E-state index in [4.69, 9.17) is 4.74 Å². The van der Waals surface area contributed by atoms with Crippen LogP contribution in [0.5, 0.6) is 5.75 Å². The Bertz CT molecular complexity index is 1150. The summed E-state index contributed by atoms with van der Waals surface area (Å²) in [5.74, 6) is -0.555. The number of hydrogen-bond donors (Lipinski definition) is 2. The maximum Gasteiger partial charge on any atom is 0.263 e. The third-order valence-electron chi connectivity index (χ3n) is 3.85. The summed E-state index contributed by atoms with van der Waals surface area (Å²) in [5, 5.41) is 2.25. The second kappa shape index (κ2) is 8.23. The first-order valence-corrected chi connectivity index (χ1v) is 9.83. The first kappa shape index (κ1) is 20.2. The molecule has 0 radical (unpaired) electrons. The Kier molecular flexibility index (Phi) is 5.74.